The van der Waals surface area contributed by atoms with E-state index in [9.17, 15) is 26.8 Å². The Kier molecular flexibility index (Phi) is 10.6. The Morgan fingerprint density at radius 2 is 2.07 bits per heavy atom. The number of alkyl halides is 2. The lowest BCUT2D eigenvalue weighted by molar-refractivity contribution is -0.111. The minimum atomic E-state index is -3.36. The van der Waals surface area contributed by atoms with Crippen molar-refractivity contribution in [2.45, 2.75) is 38.3 Å². The van der Waals surface area contributed by atoms with E-state index in [1.807, 2.05) is 6.08 Å². The van der Waals surface area contributed by atoms with E-state index >= 15 is 0 Å². The molecule has 0 spiro atoms. The Morgan fingerprint density at radius 3 is 2.67 bits per heavy atom. The summed E-state index contributed by atoms with van der Waals surface area (Å²) < 4.78 is 55.4. The maximum Gasteiger partial charge on any atom is 0.272 e. The van der Waals surface area contributed by atoms with Gasteiger partial charge in [-0.15, -0.1) is 5.10 Å². The SMILES string of the molecule is C=N/N=C(\OCC(F)F)c1ccc(CN(C)C(=O)c2ccc(NC3C=CCN(S(C)(=O)=O)C3)cc2C(C)(C)C=O)nc1. The fourth-order valence-electron chi connectivity index (χ4n) is 4.23. The van der Waals surface area contributed by atoms with Gasteiger partial charge in [-0.1, -0.05) is 12.2 Å². The lowest BCUT2D eigenvalue weighted by atomic mass is 9.82. The second-order valence-corrected chi connectivity index (χ2v) is 12.3. The molecule has 0 radical (unpaired) electrons. The van der Waals surface area contributed by atoms with E-state index in [1.54, 1.807) is 57.3 Å². The number of hydrogen-bond acceptors (Lipinski definition) is 9. The molecule has 1 unspecified atom stereocenters. The van der Waals surface area contributed by atoms with Crippen LogP contribution in [0.4, 0.5) is 14.5 Å². The summed E-state index contributed by atoms with van der Waals surface area (Å²) >= 11 is 0. The molecule has 11 nitrogen and oxygen atoms in total. The van der Waals surface area contributed by atoms with Crippen molar-refractivity contribution in [1.82, 2.24) is 14.2 Å². The normalized spacial score (nSPS) is 16.3. The van der Waals surface area contributed by atoms with Crippen LogP contribution in [0.3, 0.4) is 0 Å². The first-order valence-corrected chi connectivity index (χ1v) is 14.7. The van der Waals surface area contributed by atoms with Crippen molar-refractivity contribution < 1.29 is 31.5 Å². The quantitative estimate of drug-likeness (QED) is 0.129. The molecule has 2 aromatic rings. The number of ether oxygens (including phenoxy) is 1. The Hall–Kier alpha value is -4.04. The van der Waals surface area contributed by atoms with Gasteiger partial charge < -0.3 is 19.7 Å². The van der Waals surface area contributed by atoms with Crippen LogP contribution in [0.2, 0.25) is 0 Å². The number of benzene rings is 1. The van der Waals surface area contributed by atoms with Crippen LogP contribution < -0.4 is 5.32 Å². The molecule has 1 amide bonds. The first kappa shape index (κ1) is 32.5. The van der Waals surface area contributed by atoms with Crippen LogP contribution in [0.5, 0.6) is 0 Å². The van der Waals surface area contributed by atoms with Crippen LogP contribution in [0.25, 0.3) is 0 Å². The summed E-state index contributed by atoms with van der Waals surface area (Å²) in [5, 5.41) is 10.2. The molecule has 1 aliphatic heterocycles. The van der Waals surface area contributed by atoms with Gasteiger partial charge in [0.25, 0.3) is 12.3 Å². The highest BCUT2D eigenvalue weighted by Gasteiger charge is 2.29. The Bertz CT molecular complexity index is 1460. The molecule has 2 heterocycles. The van der Waals surface area contributed by atoms with Crippen LogP contribution in [-0.2, 0) is 31.5 Å². The Balaban J connectivity index is 1.80. The van der Waals surface area contributed by atoms with E-state index in [4.69, 9.17) is 4.74 Å². The zero-order valence-electron chi connectivity index (χ0n) is 23.8. The molecule has 42 heavy (non-hydrogen) atoms. The van der Waals surface area contributed by atoms with E-state index in [1.165, 1.54) is 15.4 Å². The zero-order chi connectivity index (χ0) is 31.1. The van der Waals surface area contributed by atoms with Gasteiger partial charge >= 0.3 is 0 Å². The topological polar surface area (TPSA) is 134 Å². The third-order valence-corrected chi connectivity index (χ3v) is 7.70. The highest BCUT2D eigenvalue weighted by atomic mass is 32.2. The van der Waals surface area contributed by atoms with Crippen LogP contribution in [-0.4, -0.2) is 92.9 Å². The van der Waals surface area contributed by atoms with Crippen molar-refractivity contribution >= 4 is 40.5 Å². The summed E-state index contributed by atoms with van der Waals surface area (Å²) in [7, 11) is -1.77. The molecule has 1 atom stereocenters. The van der Waals surface area contributed by atoms with Gasteiger partial charge in [0.1, 0.15) is 6.29 Å². The number of hydrogen-bond donors (Lipinski definition) is 1. The van der Waals surface area contributed by atoms with Gasteiger partial charge in [0, 0.05) is 49.7 Å². The lowest BCUT2D eigenvalue weighted by Crippen LogP contribution is -2.42. The molecule has 0 saturated heterocycles. The molecule has 3 rings (SSSR count). The van der Waals surface area contributed by atoms with Crippen LogP contribution in [0.1, 0.15) is 41.0 Å². The van der Waals surface area contributed by atoms with Crippen molar-refractivity contribution in [3.63, 3.8) is 0 Å². The summed E-state index contributed by atoms with van der Waals surface area (Å²) in [6.45, 7) is 6.41. The highest BCUT2D eigenvalue weighted by molar-refractivity contribution is 7.88. The van der Waals surface area contributed by atoms with Gasteiger partial charge in [-0.05, 0) is 49.7 Å². The van der Waals surface area contributed by atoms with Crippen molar-refractivity contribution in [1.29, 1.82) is 0 Å². The minimum absolute atomic E-state index is 0.109. The maximum atomic E-state index is 13.5. The average molecular weight is 605 g/mol. The van der Waals surface area contributed by atoms with E-state index in [0.29, 0.717) is 34.6 Å². The minimum Gasteiger partial charge on any atom is -0.470 e. The number of amides is 1. The monoisotopic (exact) mass is 604 g/mol. The number of sulfonamides is 1. The number of anilines is 1. The highest BCUT2D eigenvalue weighted by Crippen LogP contribution is 2.29. The van der Waals surface area contributed by atoms with Gasteiger partial charge in [-0.2, -0.15) is 9.41 Å². The smallest absolute Gasteiger partial charge is 0.272 e. The largest absolute Gasteiger partial charge is 0.470 e. The van der Waals surface area contributed by atoms with E-state index in [-0.39, 0.29) is 30.9 Å². The summed E-state index contributed by atoms with van der Waals surface area (Å²) in [5.74, 6) is -0.507. The van der Waals surface area contributed by atoms with E-state index < -0.39 is 28.5 Å². The van der Waals surface area contributed by atoms with E-state index in [0.717, 1.165) is 12.5 Å². The van der Waals surface area contributed by atoms with Crippen LogP contribution >= 0.6 is 0 Å². The fraction of sp³-hybridized carbons (Fsp3) is 0.393. The van der Waals surface area contributed by atoms with Crippen molar-refractivity contribution in [3.05, 3.63) is 71.1 Å². The molecular formula is C28H34F2N6O5S. The predicted molar refractivity (Wildman–Crippen MR) is 157 cm³/mol. The standard InChI is InChI=1S/C28H34F2N6O5S/c1-28(2,18-37)24-13-20(33-22-7-6-12-36(16-22)42(5,39)40)10-11-23(24)27(38)35(4)15-21-9-8-19(14-32-21)26(34-31-3)41-17-25(29)30/h6-11,13-14,18,22,25,33H,3,12,15-17H2,1-2,4-5H3/b34-26-. The summed E-state index contributed by atoms with van der Waals surface area (Å²) in [4.78, 5) is 31.3. The number of pyridine rings is 1. The first-order chi connectivity index (χ1) is 19.7. The molecule has 0 bridgehead atoms. The second-order valence-electron chi connectivity index (χ2n) is 10.3. The first-order valence-electron chi connectivity index (χ1n) is 12.9. The van der Waals surface area contributed by atoms with Gasteiger partial charge in [-0.25, -0.2) is 17.2 Å². The molecule has 226 valence electrons. The molecular weight excluding hydrogens is 570 g/mol. The number of halogens is 2. The Morgan fingerprint density at radius 1 is 1.33 bits per heavy atom. The van der Waals surface area contributed by atoms with Crippen molar-refractivity contribution in [2.24, 2.45) is 10.2 Å². The molecule has 1 aromatic carbocycles. The summed E-state index contributed by atoms with van der Waals surface area (Å²) in [6, 6.07) is 7.92. The zero-order valence-corrected chi connectivity index (χ0v) is 24.6. The molecule has 1 aromatic heterocycles. The summed E-state index contributed by atoms with van der Waals surface area (Å²) in [6.07, 6.45) is 4.25. The second kappa shape index (κ2) is 13.7. The number of rotatable bonds is 12. The number of nitrogens with one attached hydrogen (secondary N) is 1. The van der Waals surface area contributed by atoms with Crippen LogP contribution in [0.15, 0.2) is 58.9 Å². The van der Waals surface area contributed by atoms with Crippen molar-refractivity contribution in [3.8, 4) is 0 Å². The van der Waals surface area contributed by atoms with Gasteiger partial charge in [0.05, 0.1) is 30.1 Å². The third kappa shape index (κ3) is 8.49. The van der Waals surface area contributed by atoms with Gasteiger partial charge in [-0.3, -0.25) is 9.78 Å². The number of aldehydes is 1. The number of carbonyl (C=O) groups is 2. The van der Waals surface area contributed by atoms with E-state index in [2.05, 4.69) is 27.2 Å². The molecule has 1 N–H and O–H groups in total. The number of aromatic nitrogens is 1. The predicted octanol–water partition coefficient (Wildman–Crippen LogP) is 3.09. The van der Waals surface area contributed by atoms with Crippen molar-refractivity contribution in [2.75, 3.05) is 38.3 Å². The fourth-order valence-corrected chi connectivity index (χ4v) is 5.02. The van der Waals surface area contributed by atoms with Gasteiger partial charge in [0.15, 0.2) is 6.61 Å². The maximum absolute atomic E-state index is 13.5. The summed E-state index contributed by atoms with van der Waals surface area (Å²) in [5.41, 5.74) is 1.26. The molecule has 0 aliphatic carbocycles. The molecule has 0 fully saturated rings. The number of carbonyl (C=O) groups excluding carboxylic acids is 2. The average Bonchev–Trinajstić information content (AvgIpc) is 2.95. The molecule has 0 saturated carbocycles. The van der Waals surface area contributed by atoms with Gasteiger partial charge in [0.2, 0.25) is 15.9 Å². The lowest BCUT2D eigenvalue weighted by Gasteiger charge is -2.29. The number of nitrogens with zero attached hydrogens (tertiary/aromatic N) is 5. The van der Waals surface area contributed by atoms with Crippen LogP contribution in [0, 0.1) is 0 Å². The molecule has 14 heteroatoms. The third-order valence-electron chi connectivity index (χ3n) is 6.46. The Labute approximate surface area is 244 Å². The molecule has 1 aliphatic rings.